The maximum atomic E-state index is 13.9. The van der Waals surface area contributed by atoms with Gasteiger partial charge >= 0.3 is 0 Å². The number of rotatable bonds is 4. The number of nitrogens with zero attached hydrogens (tertiary/aromatic N) is 1. The van der Waals surface area contributed by atoms with Gasteiger partial charge in [0.15, 0.2) is 5.76 Å². The number of nitriles is 1. The quantitative estimate of drug-likeness (QED) is 0.840. The number of hydrogen-bond acceptors (Lipinski definition) is 4. The highest BCUT2D eigenvalue weighted by Crippen LogP contribution is 2.50. The monoisotopic (exact) mass is 387 g/mol. The molecule has 2 saturated carbocycles. The van der Waals surface area contributed by atoms with Crippen LogP contribution in [-0.4, -0.2) is 23.3 Å². The van der Waals surface area contributed by atoms with Gasteiger partial charge in [-0.2, -0.15) is 5.26 Å². The first-order valence-corrected chi connectivity index (χ1v) is 9.16. The number of halogens is 2. The lowest BCUT2D eigenvalue weighted by atomic mass is 9.66. The maximum absolute atomic E-state index is 13.9. The van der Waals surface area contributed by atoms with Crippen molar-refractivity contribution in [2.24, 2.45) is 5.73 Å². The Morgan fingerprint density at radius 3 is 2.32 bits per heavy atom. The second kappa shape index (κ2) is 6.03. The molecule has 0 radical (unpaired) electrons. The Hall–Kier alpha value is -2.95. The summed E-state index contributed by atoms with van der Waals surface area (Å²) in [6, 6.07) is 8.81. The second-order valence-electron chi connectivity index (χ2n) is 7.75. The Kier molecular flexibility index (Phi) is 3.96. The van der Waals surface area contributed by atoms with Gasteiger partial charge in [0.2, 0.25) is 11.8 Å². The molecule has 1 aromatic carbocycles. The molecular formula is C20H19F2N3O3. The van der Waals surface area contributed by atoms with Crippen molar-refractivity contribution in [2.45, 2.75) is 55.4 Å². The van der Waals surface area contributed by atoms with Crippen molar-refractivity contribution < 1.29 is 22.8 Å². The highest BCUT2D eigenvalue weighted by molar-refractivity contribution is 6.04. The first-order valence-electron chi connectivity index (χ1n) is 9.16. The van der Waals surface area contributed by atoms with Crippen molar-refractivity contribution in [3.63, 3.8) is 0 Å². The van der Waals surface area contributed by atoms with Crippen LogP contribution < -0.4 is 11.1 Å². The number of para-hydroxylation sites is 1. The number of amides is 2. The van der Waals surface area contributed by atoms with Gasteiger partial charge in [-0.1, -0.05) is 18.2 Å². The normalized spacial score (nSPS) is 21.6. The Morgan fingerprint density at radius 2 is 1.75 bits per heavy atom. The van der Waals surface area contributed by atoms with E-state index in [1.54, 1.807) is 24.3 Å². The number of nitrogens with one attached hydrogen (secondary N) is 1. The molecule has 0 unspecified atom stereocenters. The van der Waals surface area contributed by atoms with E-state index in [0.717, 1.165) is 0 Å². The number of primary amides is 1. The van der Waals surface area contributed by atoms with E-state index in [9.17, 15) is 23.6 Å². The fourth-order valence-electron chi connectivity index (χ4n) is 4.05. The first-order chi connectivity index (χ1) is 13.2. The Morgan fingerprint density at radius 1 is 1.11 bits per heavy atom. The summed E-state index contributed by atoms with van der Waals surface area (Å²) in [5.74, 6) is -4.47. The van der Waals surface area contributed by atoms with Crippen molar-refractivity contribution in [3.8, 4) is 6.07 Å². The Balaban J connectivity index is 1.89. The molecule has 0 aliphatic heterocycles. The molecule has 4 rings (SSSR count). The highest BCUT2D eigenvalue weighted by atomic mass is 19.3. The standard InChI is InChI=1S/C20H19F2N3O3/c21-20(22)9-7-19(8-10-20,17(27)25-18(11-23)5-6-18)14-12-3-1-2-4-13(12)28-15(14)16(24)26/h1-4H,5-10H2,(H2,24,26)(H,25,27). The number of carbonyl (C=O) groups excluding carboxylic acids is 2. The molecule has 28 heavy (non-hydrogen) atoms. The molecule has 0 atom stereocenters. The molecule has 0 bridgehead atoms. The summed E-state index contributed by atoms with van der Waals surface area (Å²) in [6.45, 7) is 0. The number of nitrogens with two attached hydrogens (primary N) is 1. The van der Waals surface area contributed by atoms with Crippen molar-refractivity contribution in [1.29, 1.82) is 5.26 Å². The maximum Gasteiger partial charge on any atom is 0.284 e. The van der Waals surface area contributed by atoms with Crippen LogP contribution in [0.2, 0.25) is 0 Å². The third kappa shape index (κ3) is 2.82. The number of benzene rings is 1. The van der Waals surface area contributed by atoms with Gasteiger partial charge in [0, 0.05) is 23.8 Å². The van der Waals surface area contributed by atoms with Crippen LogP contribution in [0.4, 0.5) is 8.78 Å². The van der Waals surface area contributed by atoms with Crippen LogP contribution in [0.3, 0.4) is 0 Å². The zero-order valence-corrected chi connectivity index (χ0v) is 15.1. The molecule has 0 saturated heterocycles. The molecular weight excluding hydrogens is 368 g/mol. The lowest BCUT2D eigenvalue weighted by Crippen LogP contribution is -2.52. The van der Waals surface area contributed by atoms with Crippen molar-refractivity contribution >= 4 is 22.8 Å². The molecule has 2 aliphatic carbocycles. The Labute approximate surface area is 159 Å². The van der Waals surface area contributed by atoms with Gasteiger partial charge in [0.25, 0.3) is 5.91 Å². The minimum atomic E-state index is -2.89. The van der Waals surface area contributed by atoms with Crippen LogP contribution in [0.25, 0.3) is 11.0 Å². The van der Waals surface area contributed by atoms with Crippen molar-refractivity contribution in [2.75, 3.05) is 0 Å². The number of carbonyl (C=O) groups is 2. The smallest absolute Gasteiger partial charge is 0.284 e. The molecule has 0 spiro atoms. The topological polar surface area (TPSA) is 109 Å². The van der Waals surface area contributed by atoms with Gasteiger partial charge in [-0.05, 0) is 31.7 Å². The average molecular weight is 387 g/mol. The average Bonchev–Trinajstić information content (AvgIpc) is 3.32. The second-order valence-corrected chi connectivity index (χ2v) is 7.75. The molecule has 3 N–H and O–H groups in total. The summed E-state index contributed by atoms with van der Waals surface area (Å²) in [5.41, 5.74) is 3.73. The fourth-order valence-corrected chi connectivity index (χ4v) is 4.05. The third-order valence-corrected chi connectivity index (χ3v) is 5.88. The number of furan rings is 1. The first kappa shape index (κ1) is 18.4. The van der Waals surface area contributed by atoms with Crippen molar-refractivity contribution in [3.05, 3.63) is 35.6 Å². The molecule has 146 valence electrons. The van der Waals surface area contributed by atoms with Crippen LogP contribution in [0.1, 0.15) is 54.6 Å². The molecule has 1 heterocycles. The summed E-state index contributed by atoms with van der Waals surface area (Å²) < 4.78 is 33.5. The summed E-state index contributed by atoms with van der Waals surface area (Å²) in [6.07, 6.45) is -0.323. The zero-order valence-electron chi connectivity index (χ0n) is 15.1. The van der Waals surface area contributed by atoms with Crippen LogP contribution in [0.5, 0.6) is 0 Å². The SMILES string of the molecule is N#CC1(NC(=O)C2(c3c(C(N)=O)oc4ccccc34)CCC(F)(F)CC2)CC1. The van der Waals surface area contributed by atoms with Gasteiger partial charge in [0.1, 0.15) is 11.1 Å². The van der Waals surface area contributed by atoms with E-state index in [-0.39, 0.29) is 24.2 Å². The molecule has 2 amide bonds. The number of alkyl halides is 2. The highest BCUT2D eigenvalue weighted by Gasteiger charge is 2.55. The van der Waals surface area contributed by atoms with E-state index in [2.05, 4.69) is 11.4 Å². The van der Waals surface area contributed by atoms with E-state index in [0.29, 0.717) is 23.8 Å². The number of hydrogen-bond donors (Lipinski definition) is 2. The van der Waals surface area contributed by atoms with Crippen LogP contribution >= 0.6 is 0 Å². The predicted octanol–water partition coefficient (Wildman–Crippen LogP) is 3.15. The van der Waals surface area contributed by atoms with Gasteiger partial charge < -0.3 is 15.5 Å². The van der Waals surface area contributed by atoms with E-state index in [1.807, 2.05) is 0 Å². The molecule has 2 aromatic rings. The largest absolute Gasteiger partial charge is 0.451 e. The van der Waals surface area contributed by atoms with Gasteiger partial charge in [-0.25, -0.2) is 8.78 Å². The van der Waals surface area contributed by atoms with Gasteiger partial charge in [-0.15, -0.1) is 0 Å². The van der Waals surface area contributed by atoms with E-state index in [1.165, 1.54) is 0 Å². The van der Waals surface area contributed by atoms with E-state index < -0.39 is 41.5 Å². The third-order valence-electron chi connectivity index (χ3n) is 5.88. The Bertz CT molecular complexity index is 1010. The minimum absolute atomic E-state index is 0.169. The molecule has 2 fully saturated rings. The van der Waals surface area contributed by atoms with E-state index in [4.69, 9.17) is 10.2 Å². The van der Waals surface area contributed by atoms with Gasteiger partial charge in [-0.3, -0.25) is 9.59 Å². The van der Waals surface area contributed by atoms with Crippen LogP contribution in [-0.2, 0) is 10.2 Å². The zero-order chi connectivity index (χ0) is 20.2. The minimum Gasteiger partial charge on any atom is -0.451 e. The van der Waals surface area contributed by atoms with E-state index >= 15 is 0 Å². The molecule has 2 aliphatic rings. The summed E-state index contributed by atoms with van der Waals surface area (Å²) in [4.78, 5) is 25.4. The number of fused-ring (bicyclic) bond motifs is 1. The summed E-state index contributed by atoms with van der Waals surface area (Å²) >= 11 is 0. The van der Waals surface area contributed by atoms with Gasteiger partial charge in [0.05, 0.1) is 11.5 Å². The predicted molar refractivity (Wildman–Crippen MR) is 95.5 cm³/mol. The molecule has 8 heteroatoms. The molecule has 1 aromatic heterocycles. The summed E-state index contributed by atoms with van der Waals surface area (Å²) in [7, 11) is 0. The lowest BCUT2D eigenvalue weighted by molar-refractivity contribution is -0.132. The fraction of sp³-hybridized carbons (Fsp3) is 0.450. The summed E-state index contributed by atoms with van der Waals surface area (Å²) in [5, 5.41) is 12.6. The lowest BCUT2D eigenvalue weighted by Gasteiger charge is -2.39. The van der Waals surface area contributed by atoms with Crippen LogP contribution in [0.15, 0.2) is 28.7 Å². The van der Waals surface area contributed by atoms with Crippen LogP contribution in [0, 0.1) is 11.3 Å². The van der Waals surface area contributed by atoms with Crippen molar-refractivity contribution in [1.82, 2.24) is 5.32 Å². The molecule has 6 nitrogen and oxygen atoms in total.